The van der Waals surface area contributed by atoms with Gasteiger partial charge < -0.3 is 18.9 Å². The molecule has 3 rings (SSSR count). The second kappa shape index (κ2) is 12.4. The number of hydrogen-bond donors (Lipinski definition) is 0. The highest BCUT2D eigenvalue weighted by molar-refractivity contribution is 6.17. The lowest BCUT2D eigenvalue weighted by Gasteiger charge is -2.27. The zero-order valence-corrected chi connectivity index (χ0v) is 21.8. The molecule has 2 aromatic rings. The molecule has 1 aliphatic rings. The SMILES string of the molecule is COc1ccc(/C=C/C(=O)C(C)(CC2CCCC2)C(=O)/C=C/c2ccc(OC)c(OC)c2)cc1OC. The molecular formula is C30H36O6. The van der Waals surface area contributed by atoms with Crippen molar-refractivity contribution in [1.29, 1.82) is 0 Å². The van der Waals surface area contributed by atoms with Gasteiger partial charge in [-0.1, -0.05) is 50.0 Å². The third-order valence-electron chi connectivity index (χ3n) is 6.93. The minimum atomic E-state index is -1.14. The van der Waals surface area contributed by atoms with Crippen LogP contribution in [0.25, 0.3) is 12.2 Å². The van der Waals surface area contributed by atoms with Crippen LogP contribution in [0.2, 0.25) is 0 Å². The Morgan fingerprint density at radius 2 is 1.17 bits per heavy atom. The molecule has 0 amide bonds. The van der Waals surface area contributed by atoms with Crippen LogP contribution in [0.3, 0.4) is 0 Å². The standard InChI is InChI=1S/C30H36O6/c1-30(20-23-8-6-7-9-23,28(31)16-12-21-10-14-24(33-2)26(18-21)35-4)29(32)17-13-22-11-15-25(34-3)27(19-22)36-5/h10-19,23H,6-9,20H2,1-5H3/b16-12+,17-13+. The van der Waals surface area contributed by atoms with Gasteiger partial charge in [-0.15, -0.1) is 0 Å². The minimum Gasteiger partial charge on any atom is -0.493 e. The maximum absolute atomic E-state index is 13.5. The number of carbonyl (C=O) groups excluding carboxylic acids is 2. The van der Waals surface area contributed by atoms with Crippen LogP contribution in [-0.4, -0.2) is 40.0 Å². The van der Waals surface area contributed by atoms with Crippen molar-refractivity contribution in [2.24, 2.45) is 11.3 Å². The highest BCUT2D eigenvalue weighted by Crippen LogP contribution is 2.38. The van der Waals surface area contributed by atoms with Gasteiger partial charge in [0.1, 0.15) is 0 Å². The van der Waals surface area contributed by atoms with E-state index in [0.29, 0.717) is 35.3 Å². The molecule has 1 aliphatic carbocycles. The van der Waals surface area contributed by atoms with E-state index in [1.165, 1.54) is 12.2 Å². The van der Waals surface area contributed by atoms with Gasteiger partial charge >= 0.3 is 0 Å². The Morgan fingerprint density at radius 1 is 0.750 bits per heavy atom. The fourth-order valence-corrected chi connectivity index (χ4v) is 4.74. The molecule has 192 valence electrons. The van der Waals surface area contributed by atoms with Crippen molar-refractivity contribution < 1.29 is 28.5 Å². The monoisotopic (exact) mass is 492 g/mol. The third-order valence-corrected chi connectivity index (χ3v) is 6.93. The van der Waals surface area contributed by atoms with Crippen LogP contribution in [-0.2, 0) is 9.59 Å². The highest BCUT2D eigenvalue weighted by atomic mass is 16.5. The van der Waals surface area contributed by atoms with Crippen molar-refractivity contribution in [2.45, 2.75) is 39.0 Å². The van der Waals surface area contributed by atoms with Gasteiger partial charge in [0.15, 0.2) is 34.6 Å². The average Bonchev–Trinajstić information content (AvgIpc) is 3.42. The van der Waals surface area contributed by atoms with Crippen LogP contribution in [0.15, 0.2) is 48.6 Å². The number of hydrogen-bond acceptors (Lipinski definition) is 6. The van der Waals surface area contributed by atoms with Gasteiger partial charge in [-0.05, 0) is 66.8 Å². The van der Waals surface area contributed by atoms with Gasteiger partial charge in [-0.2, -0.15) is 0 Å². The summed E-state index contributed by atoms with van der Waals surface area (Å²) in [6.45, 7) is 1.77. The molecule has 0 radical (unpaired) electrons. The van der Waals surface area contributed by atoms with Gasteiger partial charge in [-0.3, -0.25) is 9.59 Å². The van der Waals surface area contributed by atoms with Gasteiger partial charge in [0.25, 0.3) is 0 Å². The van der Waals surface area contributed by atoms with Crippen LogP contribution in [0.1, 0.15) is 50.2 Å². The molecule has 1 fully saturated rings. The smallest absolute Gasteiger partial charge is 0.169 e. The number of allylic oxidation sites excluding steroid dienone is 2. The Balaban J connectivity index is 1.85. The van der Waals surface area contributed by atoms with Crippen molar-refractivity contribution >= 4 is 23.7 Å². The Labute approximate surface area is 213 Å². The van der Waals surface area contributed by atoms with Crippen LogP contribution < -0.4 is 18.9 Å². The number of carbonyl (C=O) groups is 2. The van der Waals surface area contributed by atoms with Gasteiger partial charge in [0, 0.05) is 0 Å². The quantitative estimate of drug-likeness (QED) is 0.261. The number of benzene rings is 2. The zero-order chi connectivity index (χ0) is 26.1. The topological polar surface area (TPSA) is 71.1 Å². The summed E-state index contributed by atoms with van der Waals surface area (Å²) in [6, 6.07) is 10.9. The fourth-order valence-electron chi connectivity index (χ4n) is 4.74. The first-order valence-corrected chi connectivity index (χ1v) is 12.2. The molecule has 36 heavy (non-hydrogen) atoms. The van der Waals surface area contributed by atoms with Crippen LogP contribution in [0, 0.1) is 11.3 Å². The van der Waals surface area contributed by atoms with Gasteiger partial charge in [0.2, 0.25) is 0 Å². The predicted octanol–water partition coefficient (Wildman–Crippen LogP) is 6.17. The molecule has 0 aliphatic heterocycles. The first-order valence-electron chi connectivity index (χ1n) is 12.2. The lowest BCUT2D eigenvalue weighted by atomic mass is 9.73. The molecule has 0 spiro atoms. The number of rotatable bonds is 12. The summed E-state index contributed by atoms with van der Waals surface area (Å²) in [7, 11) is 6.29. The lowest BCUT2D eigenvalue weighted by Crippen LogP contribution is -2.36. The van der Waals surface area contributed by atoms with Crippen molar-refractivity contribution in [1.82, 2.24) is 0 Å². The molecule has 0 aromatic heterocycles. The van der Waals surface area contributed by atoms with E-state index in [2.05, 4.69) is 0 Å². The van der Waals surface area contributed by atoms with E-state index in [9.17, 15) is 9.59 Å². The van der Waals surface area contributed by atoms with Crippen molar-refractivity contribution in [3.63, 3.8) is 0 Å². The Hall–Kier alpha value is -3.54. The highest BCUT2D eigenvalue weighted by Gasteiger charge is 2.40. The summed E-state index contributed by atoms with van der Waals surface area (Å²) in [4.78, 5) is 27.0. The van der Waals surface area contributed by atoms with E-state index in [1.807, 2.05) is 12.1 Å². The van der Waals surface area contributed by atoms with Gasteiger partial charge in [0.05, 0.1) is 33.9 Å². The van der Waals surface area contributed by atoms with Crippen molar-refractivity contribution in [3.05, 3.63) is 59.7 Å². The number of methoxy groups -OCH3 is 4. The Morgan fingerprint density at radius 3 is 1.56 bits per heavy atom. The molecule has 2 aromatic carbocycles. The van der Waals surface area contributed by atoms with E-state index in [-0.39, 0.29) is 11.6 Å². The van der Waals surface area contributed by atoms with E-state index >= 15 is 0 Å². The largest absolute Gasteiger partial charge is 0.493 e. The number of ketones is 2. The van der Waals surface area contributed by atoms with Gasteiger partial charge in [-0.25, -0.2) is 0 Å². The maximum Gasteiger partial charge on any atom is 0.169 e. The zero-order valence-electron chi connectivity index (χ0n) is 21.8. The second-order valence-electron chi connectivity index (χ2n) is 9.31. The van der Waals surface area contributed by atoms with E-state index in [1.54, 1.807) is 71.8 Å². The van der Waals surface area contributed by atoms with E-state index in [4.69, 9.17) is 18.9 Å². The van der Waals surface area contributed by atoms with Crippen molar-refractivity contribution in [3.8, 4) is 23.0 Å². The number of ether oxygens (including phenoxy) is 4. The maximum atomic E-state index is 13.5. The second-order valence-corrected chi connectivity index (χ2v) is 9.31. The van der Waals surface area contributed by atoms with Crippen LogP contribution in [0.5, 0.6) is 23.0 Å². The normalized spacial score (nSPS) is 14.4. The summed E-state index contributed by atoms with van der Waals surface area (Å²) in [5.74, 6) is 2.35. The summed E-state index contributed by atoms with van der Waals surface area (Å²) in [5, 5.41) is 0. The molecule has 0 saturated heterocycles. The predicted molar refractivity (Wildman–Crippen MR) is 142 cm³/mol. The average molecular weight is 493 g/mol. The molecule has 0 heterocycles. The third kappa shape index (κ3) is 6.36. The summed E-state index contributed by atoms with van der Waals surface area (Å²) >= 11 is 0. The summed E-state index contributed by atoms with van der Waals surface area (Å²) < 4.78 is 21.3. The molecule has 6 heteroatoms. The Bertz CT molecular complexity index is 1050. The van der Waals surface area contributed by atoms with E-state index in [0.717, 1.165) is 36.8 Å². The molecular weight excluding hydrogens is 456 g/mol. The molecule has 0 unspecified atom stereocenters. The molecule has 0 bridgehead atoms. The molecule has 0 N–H and O–H groups in total. The Kier molecular flexibility index (Phi) is 9.34. The minimum absolute atomic E-state index is 0.203. The molecule has 0 atom stereocenters. The fraction of sp³-hybridized carbons (Fsp3) is 0.400. The summed E-state index contributed by atoms with van der Waals surface area (Å²) in [6.07, 6.45) is 11.4. The van der Waals surface area contributed by atoms with Crippen LogP contribution in [0.4, 0.5) is 0 Å². The lowest BCUT2D eigenvalue weighted by molar-refractivity contribution is -0.135. The van der Waals surface area contributed by atoms with E-state index < -0.39 is 5.41 Å². The molecule has 6 nitrogen and oxygen atoms in total. The first-order chi connectivity index (χ1) is 17.3. The van der Waals surface area contributed by atoms with Crippen LogP contribution >= 0.6 is 0 Å². The first kappa shape index (κ1) is 27.1. The van der Waals surface area contributed by atoms with Crippen molar-refractivity contribution in [2.75, 3.05) is 28.4 Å². The summed E-state index contributed by atoms with van der Waals surface area (Å²) in [5.41, 5.74) is 0.435. The molecule has 1 saturated carbocycles.